The highest BCUT2D eigenvalue weighted by molar-refractivity contribution is 7.99. The number of anilines is 2. The van der Waals surface area contributed by atoms with Crippen LogP contribution in [0.5, 0.6) is 0 Å². The van der Waals surface area contributed by atoms with Crippen molar-refractivity contribution in [2.24, 2.45) is 5.92 Å². The number of hydrogen-bond acceptors (Lipinski definition) is 4. The summed E-state index contributed by atoms with van der Waals surface area (Å²) in [6, 6.07) is 10.4. The predicted octanol–water partition coefficient (Wildman–Crippen LogP) is 4.85. The Bertz CT molecular complexity index is 960. The molecular formula is C19H20F2N2O3S2. The lowest BCUT2D eigenvalue weighted by molar-refractivity contribution is -0.122. The van der Waals surface area contributed by atoms with E-state index in [0.29, 0.717) is 27.9 Å². The van der Waals surface area contributed by atoms with Gasteiger partial charge in [0.2, 0.25) is 5.91 Å². The summed E-state index contributed by atoms with van der Waals surface area (Å²) in [5.41, 5.74) is 1.22. The highest BCUT2D eigenvalue weighted by atomic mass is 32.2. The molecule has 150 valence electrons. The van der Waals surface area contributed by atoms with Crippen LogP contribution in [0.4, 0.5) is 20.2 Å². The van der Waals surface area contributed by atoms with Gasteiger partial charge in [-0.1, -0.05) is 24.2 Å². The fraction of sp³-hybridized carbons (Fsp3) is 0.316. The standard InChI is InChI=1S/C19H20F2N2O3S2/c1-12-5-6-15(22-18(24)13-3-2-4-13)11-17(12)28(25,26)23-14-7-9-16(10-8-14)27-19(20)21/h5-11,13,19,23H,2-4H2,1H3,(H,22,24). The summed E-state index contributed by atoms with van der Waals surface area (Å²) < 4.78 is 52.8. The molecule has 1 aliphatic rings. The van der Waals surface area contributed by atoms with E-state index in [1.807, 2.05) is 0 Å². The Labute approximate surface area is 167 Å². The van der Waals surface area contributed by atoms with Crippen LogP contribution < -0.4 is 10.0 Å². The summed E-state index contributed by atoms with van der Waals surface area (Å²) in [5.74, 6) is -2.65. The molecule has 1 saturated carbocycles. The second-order valence-corrected chi connectivity index (χ2v) is 9.32. The monoisotopic (exact) mass is 426 g/mol. The Balaban J connectivity index is 1.76. The normalized spacial score (nSPS) is 14.6. The van der Waals surface area contributed by atoms with Gasteiger partial charge in [0.05, 0.1) is 4.90 Å². The lowest BCUT2D eigenvalue weighted by atomic mass is 9.85. The Morgan fingerprint density at radius 2 is 1.75 bits per heavy atom. The van der Waals surface area contributed by atoms with Crippen LogP contribution in [-0.4, -0.2) is 20.1 Å². The molecule has 3 rings (SSSR count). The largest absolute Gasteiger partial charge is 0.326 e. The molecule has 28 heavy (non-hydrogen) atoms. The first-order chi connectivity index (χ1) is 13.2. The Morgan fingerprint density at radius 3 is 2.32 bits per heavy atom. The molecule has 0 aliphatic heterocycles. The van der Waals surface area contributed by atoms with Crippen molar-refractivity contribution in [3.63, 3.8) is 0 Å². The predicted molar refractivity (Wildman–Crippen MR) is 106 cm³/mol. The maximum Gasteiger partial charge on any atom is 0.288 e. The molecule has 2 aromatic rings. The van der Waals surface area contributed by atoms with Gasteiger partial charge in [-0.05, 0) is 61.7 Å². The number of carbonyl (C=O) groups is 1. The van der Waals surface area contributed by atoms with Crippen molar-refractivity contribution in [1.82, 2.24) is 0 Å². The highest BCUT2D eigenvalue weighted by Gasteiger charge is 2.26. The van der Waals surface area contributed by atoms with Gasteiger partial charge in [-0.2, -0.15) is 8.78 Å². The van der Waals surface area contributed by atoms with E-state index in [-0.39, 0.29) is 22.4 Å². The van der Waals surface area contributed by atoms with Gasteiger partial charge in [0.1, 0.15) is 0 Å². The smallest absolute Gasteiger partial charge is 0.288 e. The average molecular weight is 427 g/mol. The van der Waals surface area contributed by atoms with E-state index in [0.717, 1.165) is 19.3 Å². The minimum Gasteiger partial charge on any atom is -0.326 e. The third-order valence-electron chi connectivity index (χ3n) is 4.55. The van der Waals surface area contributed by atoms with Crippen LogP contribution in [0.3, 0.4) is 0 Å². The maximum atomic E-state index is 12.8. The number of nitrogens with one attached hydrogen (secondary N) is 2. The van der Waals surface area contributed by atoms with Crippen LogP contribution in [0.15, 0.2) is 52.3 Å². The minimum absolute atomic E-state index is 0.0101. The van der Waals surface area contributed by atoms with Crippen LogP contribution in [0, 0.1) is 12.8 Å². The molecule has 9 heteroatoms. The minimum atomic E-state index is -3.91. The highest BCUT2D eigenvalue weighted by Crippen LogP contribution is 2.30. The van der Waals surface area contributed by atoms with Crippen molar-refractivity contribution in [3.8, 4) is 0 Å². The zero-order valence-corrected chi connectivity index (χ0v) is 16.7. The third-order valence-corrected chi connectivity index (χ3v) is 6.80. The lowest BCUT2D eigenvalue weighted by Gasteiger charge is -2.24. The van der Waals surface area contributed by atoms with E-state index >= 15 is 0 Å². The van der Waals surface area contributed by atoms with Crippen LogP contribution in [0.2, 0.25) is 0 Å². The summed E-state index contributed by atoms with van der Waals surface area (Å²) in [6.45, 7) is 1.66. The van der Waals surface area contributed by atoms with Crippen molar-refractivity contribution in [3.05, 3.63) is 48.0 Å². The molecule has 0 bridgehead atoms. The molecule has 0 unspecified atom stereocenters. The van der Waals surface area contributed by atoms with Gasteiger partial charge in [-0.3, -0.25) is 9.52 Å². The number of carbonyl (C=O) groups excluding carboxylic acids is 1. The van der Waals surface area contributed by atoms with Gasteiger partial charge < -0.3 is 5.32 Å². The van der Waals surface area contributed by atoms with Gasteiger partial charge in [-0.15, -0.1) is 0 Å². The van der Waals surface area contributed by atoms with Crippen molar-refractivity contribution >= 4 is 39.1 Å². The van der Waals surface area contributed by atoms with Gasteiger partial charge in [0.25, 0.3) is 15.8 Å². The summed E-state index contributed by atoms with van der Waals surface area (Å²) in [7, 11) is -3.91. The first kappa shape index (κ1) is 20.6. The quantitative estimate of drug-likeness (QED) is 0.621. The Hall–Kier alpha value is -2.13. The Kier molecular flexibility index (Phi) is 6.24. The first-order valence-corrected chi connectivity index (χ1v) is 11.1. The fourth-order valence-electron chi connectivity index (χ4n) is 2.80. The Morgan fingerprint density at radius 1 is 1.11 bits per heavy atom. The van der Waals surface area contributed by atoms with E-state index in [2.05, 4.69) is 10.0 Å². The van der Waals surface area contributed by atoms with Gasteiger partial charge in [0, 0.05) is 22.2 Å². The van der Waals surface area contributed by atoms with Gasteiger partial charge in [-0.25, -0.2) is 8.42 Å². The van der Waals surface area contributed by atoms with E-state index in [1.54, 1.807) is 19.1 Å². The fourth-order valence-corrected chi connectivity index (χ4v) is 4.63. The molecule has 2 aromatic carbocycles. The summed E-state index contributed by atoms with van der Waals surface area (Å²) in [6.07, 6.45) is 2.73. The molecule has 0 aromatic heterocycles. The molecule has 1 aliphatic carbocycles. The topological polar surface area (TPSA) is 75.3 Å². The van der Waals surface area contributed by atoms with Crippen molar-refractivity contribution in [2.75, 3.05) is 10.0 Å². The van der Waals surface area contributed by atoms with Crippen LogP contribution >= 0.6 is 11.8 Å². The lowest BCUT2D eigenvalue weighted by Crippen LogP contribution is -2.28. The number of rotatable bonds is 7. The van der Waals surface area contributed by atoms with E-state index in [4.69, 9.17) is 0 Å². The average Bonchev–Trinajstić information content (AvgIpc) is 2.56. The zero-order valence-electron chi connectivity index (χ0n) is 15.1. The molecule has 0 heterocycles. The number of thioether (sulfide) groups is 1. The van der Waals surface area contributed by atoms with Gasteiger partial charge in [0.15, 0.2) is 0 Å². The van der Waals surface area contributed by atoms with Crippen molar-refractivity contribution < 1.29 is 22.0 Å². The van der Waals surface area contributed by atoms with E-state index in [1.165, 1.54) is 30.3 Å². The first-order valence-electron chi connectivity index (χ1n) is 8.74. The second-order valence-electron chi connectivity index (χ2n) is 6.61. The molecule has 0 saturated heterocycles. The number of halogens is 2. The molecule has 1 fully saturated rings. The molecule has 0 radical (unpaired) electrons. The van der Waals surface area contributed by atoms with Crippen LogP contribution in [-0.2, 0) is 14.8 Å². The molecule has 0 spiro atoms. The van der Waals surface area contributed by atoms with Crippen molar-refractivity contribution in [1.29, 1.82) is 0 Å². The summed E-state index contributed by atoms with van der Waals surface area (Å²) >= 11 is 0.390. The van der Waals surface area contributed by atoms with E-state index in [9.17, 15) is 22.0 Å². The maximum absolute atomic E-state index is 12.8. The summed E-state index contributed by atoms with van der Waals surface area (Å²) in [4.78, 5) is 12.5. The third kappa shape index (κ3) is 5.02. The second kappa shape index (κ2) is 8.48. The molecule has 1 amide bonds. The van der Waals surface area contributed by atoms with Gasteiger partial charge >= 0.3 is 0 Å². The number of hydrogen-bond donors (Lipinski definition) is 2. The number of alkyl halides is 2. The zero-order chi connectivity index (χ0) is 20.3. The van der Waals surface area contributed by atoms with E-state index < -0.39 is 15.8 Å². The molecule has 0 atom stereocenters. The van der Waals surface area contributed by atoms with Crippen LogP contribution in [0.25, 0.3) is 0 Å². The number of benzene rings is 2. The molecular weight excluding hydrogens is 406 g/mol. The SMILES string of the molecule is Cc1ccc(NC(=O)C2CCC2)cc1S(=O)(=O)Nc1ccc(SC(F)F)cc1. The van der Waals surface area contributed by atoms with Crippen molar-refractivity contribution in [2.45, 2.75) is 41.7 Å². The molecule has 5 nitrogen and oxygen atoms in total. The molecule has 2 N–H and O–H groups in total. The van der Waals surface area contributed by atoms with Crippen LogP contribution in [0.1, 0.15) is 24.8 Å². The number of aryl methyl sites for hydroxylation is 1. The number of amides is 1. The summed E-state index contributed by atoms with van der Waals surface area (Å²) in [5, 5.41) is 2.77. The number of sulfonamides is 1.